The van der Waals surface area contributed by atoms with Gasteiger partial charge in [-0.1, -0.05) is 34.1 Å². The smallest absolute Gasteiger partial charge is 0.276 e. The van der Waals surface area contributed by atoms with Crippen molar-refractivity contribution in [1.29, 1.82) is 0 Å². The number of benzene rings is 2. The van der Waals surface area contributed by atoms with E-state index in [1.807, 2.05) is 12.1 Å². The second-order valence-electron chi connectivity index (χ2n) is 4.40. The minimum absolute atomic E-state index is 0.0958. The van der Waals surface area contributed by atoms with E-state index in [1.165, 1.54) is 6.21 Å². The number of aromatic hydroxyl groups is 1. The summed E-state index contributed by atoms with van der Waals surface area (Å²) in [5.41, 5.74) is 2.22. The fraction of sp³-hybridized carbons (Fsp3) is 0. The van der Waals surface area contributed by atoms with Gasteiger partial charge in [-0.05, 0) is 24.3 Å². The minimum atomic E-state index is -0.285. The van der Waals surface area contributed by atoms with Gasteiger partial charge in [0.05, 0.1) is 11.9 Å². The molecule has 21 heavy (non-hydrogen) atoms. The maximum atomic E-state index is 11.8. The van der Waals surface area contributed by atoms with Crippen LogP contribution in [-0.2, 0) is 4.79 Å². The summed E-state index contributed by atoms with van der Waals surface area (Å²) in [4.78, 5) is 11.8. The molecule has 2 aromatic carbocycles. The van der Waals surface area contributed by atoms with Crippen LogP contribution in [-0.4, -0.2) is 22.9 Å². The van der Waals surface area contributed by atoms with E-state index in [0.29, 0.717) is 5.56 Å². The molecule has 0 saturated carbocycles. The number of nitrogens with one attached hydrogen (secondary N) is 1. The Morgan fingerprint density at radius 3 is 2.86 bits per heavy atom. The molecule has 1 aliphatic heterocycles. The van der Waals surface area contributed by atoms with Crippen molar-refractivity contribution in [2.75, 3.05) is 5.32 Å². The van der Waals surface area contributed by atoms with Crippen molar-refractivity contribution in [2.45, 2.75) is 0 Å². The predicted molar refractivity (Wildman–Crippen MR) is 85.0 cm³/mol. The molecule has 1 amide bonds. The molecule has 1 heterocycles. The van der Waals surface area contributed by atoms with Gasteiger partial charge in [-0.15, -0.1) is 5.10 Å². The van der Waals surface area contributed by atoms with Crippen LogP contribution in [0.1, 0.15) is 11.1 Å². The molecule has 0 spiro atoms. The average molecular weight is 344 g/mol. The van der Waals surface area contributed by atoms with Crippen LogP contribution < -0.4 is 5.32 Å². The molecule has 1 aliphatic rings. The van der Waals surface area contributed by atoms with E-state index in [1.54, 1.807) is 30.3 Å². The van der Waals surface area contributed by atoms with Gasteiger partial charge in [0.1, 0.15) is 5.75 Å². The Morgan fingerprint density at radius 1 is 1.19 bits per heavy atom. The first-order chi connectivity index (χ1) is 10.1. The van der Waals surface area contributed by atoms with Crippen LogP contribution in [0, 0.1) is 0 Å². The van der Waals surface area contributed by atoms with Gasteiger partial charge in [0.25, 0.3) is 5.91 Å². The van der Waals surface area contributed by atoms with E-state index in [4.69, 9.17) is 0 Å². The number of carbonyl (C=O) groups is 1. The first kappa shape index (κ1) is 13.5. The zero-order valence-electron chi connectivity index (χ0n) is 10.7. The summed E-state index contributed by atoms with van der Waals surface area (Å²) in [7, 11) is 0. The first-order valence-corrected chi connectivity index (χ1v) is 6.95. The van der Waals surface area contributed by atoms with E-state index in [9.17, 15) is 9.90 Å². The highest BCUT2D eigenvalue weighted by Gasteiger charge is 2.25. The maximum Gasteiger partial charge on any atom is 0.276 e. The SMILES string of the molecule is O=C1Nc2ccccc2C1=NN=Cc1cc(Br)ccc1O. The molecule has 0 atom stereocenters. The van der Waals surface area contributed by atoms with Crippen LogP contribution in [0.15, 0.2) is 57.1 Å². The highest BCUT2D eigenvalue weighted by Crippen LogP contribution is 2.23. The number of nitrogens with zero attached hydrogens (tertiary/aromatic N) is 2. The molecule has 0 saturated heterocycles. The van der Waals surface area contributed by atoms with Crippen LogP contribution in [0.5, 0.6) is 5.75 Å². The number of fused-ring (bicyclic) bond motifs is 1. The Hall–Kier alpha value is -2.47. The molecule has 2 N–H and O–H groups in total. The van der Waals surface area contributed by atoms with Crippen molar-refractivity contribution >= 4 is 39.5 Å². The molecular weight excluding hydrogens is 334 g/mol. The summed E-state index contributed by atoms with van der Waals surface area (Å²) in [6, 6.07) is 12.3. The van der Waals surface area contributed by atoms with E-state index in [0.717, 1.165) is 15.7 Å². The Kier molecular flexibility index (Phi) is 3.53. The molecule has 0 aromatic heterocycles. The standard InChI is InChI=1S/C15H10BrN3O2/c16-10-5-6-13(20)9(7-10)8-17-19-14-11-3-1-2-4-12(11)18-15(14)21/h1-8,20H,(H,18,19,21). The lowest BCUT2D eigenvalue weighted by Crippen LogP contribution is -2.13. The number of carbonyl (C=O) groups excluding carboxylic acids is 1. The minimum Gasteiger partial charge on any atom is -0.507 e. The molecule has 0 unspecified atom stereocenters. The Morgan fingerprint density at radius 2 is 2.00 bits per heavy atom. The van der Waals surface area contributed by atoms with Gasteiger partial charge in [0, 0.05) is 15.6 Å². The van der Waals surface area contributed by atoms with Gasteiger partial charge in [0.2, 0.25) is 0 Å². The van der Waals surface area contributed by atoms with Gasteiger partial charge in [-0.25, -0.2) is 0 Å². The van der Waals surface area contributed by atoms with Gasteiger partial charge < -0.3 is 10.4 Å². The molecular formula is C15H10BrN3O2. The van der Waals surface area contributed by atoms with Crippen molar-refractivity contribution < 1.29 is 9.90 Å². The number of phenols is 1. The summed E-state index contributed by atoms with van der Waals surface area (Å²) in [6.07, 6.45) is 1.40. The maximum absolute atomic E-state index is 11.8. The molecule has 0 bridgehead atoms. The van der Waals surface area contributed by atoms with Crippen LogP contribution in [0.4, 0.5) is 5.69 Å². The van der Waals surface area contributed by atoms with E-state index in [2.05, 4.69) is 31.4 Å². The normalized spacial score (nSPS) is 15.5. The third kappa shape index (κ3) is 2.71. The summed E-state index contributed by atoms with van der Waals surface area (Å²) < 4.78 is 0.818. The molecule has 2 aromatic rings. The number of anilines is 1. The number of halogens is 1. The lowest BCUT2D eigenvalue weighted by atomic mass is 10.1. The second-order valence-corrected chi connectivity index (χ2v) is 5.31. The van der Waals surface area contributed by atoms with Crippen LogP contribution in [0.3, 0.4) is 0 Å². The van der Waals surface area contributed by atoms with Gasteiger partial charge >= 0.3 is 0 Å². The van der Waals surface area contributed by atoms with Gasteiger partial charge in [-0.2, -0.15) is 5.10 Å². The van der Waals surface area contributed by atoms with Crippen LogP contribution in [0.2, 0.25) is 0 Å². The Balaban J connectivity index is 1.91. The summed E-state index contributed by atoms with van der Waals surface area (Å²) in [5, 5.41) is 20.3. The molecule has 0 radical (unpaired) electrons. The number of hydrogen-bond acceptors (Lipinski definition) is 4. The fourth-order valence-electron chi connectivity index (χ4n) is 1.98. The van der Waals surface area contributed by atoms with E-state index >= 15 is 0 Å². The van der Waals surface area contributed by atoms with Crippen molar-refractivity contribution in [1.82, 2.24) is 0 Å². The number of para-hydroxylation sites is 1. The summed E-state index contributed by atoms with van der Waals surface area (Å²) in [5.74, 6) is -0.190. The highest BCUT2D eigenvalue weighted by atomic mass is 79.9. The zero-order valence-corrected chi connectivity index (χ0v) is 12.3. The van der Waals surface area contributed by atoms with Crippen molar-refractivity contribution in [3.63, 3.8) is 0 Å². The highest BCUT2D eigenvalue weighted by molar-refractivity contribution is 9.10. The zero-order chi connectivity index (χ0) is 14.8. The molecule has 5 nitrogen and oxygen atoms in total. The first-order valence-electron chi connectivity index (χ1n) is 6.15. The van der Waals surface area contributed by atoms with Crippen molar-refractivity contribution in [3.05, 3.63) is 58.1 Å². The number of phenolic OH excluding ortho intramolecular Hbond substituents is 1. The molecule has 104 valence electrons. The lowest BCUT2D eigenvalue weighted by Gasteiger charge is -1.98. The predicted octanol–water partition coefficient (Wildman–Crippen LogP) is 2.93. The number of hydrogen-bond donors (Lipinski definition) is 2. The van der Waals surface area contributed by atoms with E-state index < -0.39 is 0 Å². The van der Waals surface area contributed by atoms with Crippen molar-refractivity contribution in [2.24, 2.45) is 10.2 Å². The summed E-state index contributed by atoms with van der Waals surface area (Å²) >= 11 is 3.31. The van der Waals surface area contributed by atoms with Crippen LogP contribution in [0.25, 0.3) is 0 Å². The van der Waals surface area contributed by atoms with Crippen LogP contribution >= 0.6 is 15.9 Å². The topological polar surface area (TPSA) is 74.0 Å². The fourth-order valence-corrected chi connectivity index (χ4v) is 2.36. The lowest BCUT2D eigenvalue weighted by molar-refractivity contribution is -0.110. The molecule has 0 fully saturated rings. The van der Waals surface area contributed by atoms with E-state index in [-0.39, 0.29) is 17.4 Å². The van der Waals surface area contributed by atoms with Crippen molar-refractivity contribution in [3.8, 4) is 5.75 Å². The Bertz CT molecular complexity index is 784. The monoisotopic (exact) mass is 343 g/mol. The van der Waals surface area contributed by atoms with Gasteiger partial charge in [0.15, 0.2) is 5.71 Å². The Labute approximate surface area is 129 Å². The third-order valence-corrected chi connectivity index (χ3v) is 3.48. The number of rotatable bonds is 2. The molecule has 0 aliphatic carbocycles. The largest absolute Gasteiger partial charge is 0.507 e. The third-order valence-electron chi connectivity index (χ3n) is 2.99. The second kappa shape index (κ2) is 5.49. The van der Waals surface area contributed by atoms with Gasteiger partial charge in [-0.3, -0.25) is 4.79 Å². The number of amides is 1. The molecule has 6 heteroatoms. The quantitative estimate of drug-likeness (QED) is 0.649. The average Bonchev–Trinajstić information content (AvgIpc) is 2.79. The molecule has 3 rings (SSSR count). The summed E-state index contributed by atoms with van der Waals surface area (Å²) in [6.45, 7) is 0.